The van der Waals surface area contributed by atoms with Crippen LogP contribution in [0.3, 0.4) is 0 Å². The van der Waals surface area contributed by atoms with E-state index in [0.717, 1.165) is 42.5 Å². The molecule has 1 saturated heterocycles. The molecule has 8 heteroatoms. The van der Waals surface area contributed by atoms with E-state index in [1.165, 1.54) is 6.42 Å². The highest BCUT2D eigenvalue weighted by molar-refractivity contribution is 6.03. The molecule has 0 spiro atoms. The molecule has 2 amide bonds. The van der Waals surface area contributed by atoms with Crippen molar-refractivity contribution in [2.24, 2.45) is 11.8 Å². The smallest absolute Gasteiger partial charge is 0.271 e. The Morgan fingerprint density at radius 1 is 1.05 bits per heavy atom. The van der Waals surface area contributed by atoms with Crippen LogP contribution < -0.4 is 14.8 Å². The Morgan fingerprint density at radius 3 is 2.52 bits per heavy atom. The van der Waals surface area contributed by atoms with Gasteiger partial charge in [0.2, 0.25) is 5.91 Å². The number of hydrogen-bond donors (Lipinski definition) is 1. The fraction of sp³-hybridized carbons (Fsp3) is 0.500. The Balaban J connectivity index is 1.41. The topological polar surface area (TPSA) is 76.0 Å². The first-order valence-corrected chi connectivity index (χ1v) is 14.3. The van der Waals surface area contributed by atoms with E-state index in [0.29, 0.717) is 42.1 Å². The molecular formula is C32H42N4O4. The lowest BCUT2D eigenvalue weighted by Gasteiger charge is -2.44. The molecule has 3 aromatic rings. The molecule has 2 aromatic carbocycles. The minimum atomic E-state index is -1.10. The van der Waals surface area contributed by atoms with E-state index in [2.05, 4.69) is 24.1 Å². The second kappa shape index (κ2) is 11.5. The van der Waals surface area contributed by atoms with Crippen LogP contribution in [0.15, 0.2) is 48.5 Å². The third-order valence-electron chi connectivity index (χ3n) is 8.53. The lowest BCUT2D eigenvalue weighted by Crippen LogP contribution is -2.63. The number of benzene rings is 2. The summed E-state index contributed by atoms with van der Waals surface area (Å²) in [5.74, 6) is 2.49. The average Bonchev–Trinajstić information content (AvgIpc) is 3.30. The van der Waals surface area contributed by atoms with Gasteiger partial charge in [-0.2, -0.15) is 0 Å². The molecule has 0 radical (unpaired) electrons. The summed E-state index contributed by atoms with van der Waals surface area (Å²) in [5, 5.41) is 4.13. The molecule has 2 aliphatic rings. The molecule has 1 fully saturated rings. The van der Waals surface area contributed by atoms with E-state index in [1.54, 1.807) is 19.1 Å². The van der Waals surface area contributed by atoms with Gasteiger partial charge in [-0.3, -0.25) is 9.59 Å². The Labute approximate surface area is 237 Å². The van der Waals surface area contributed by atoms with Crippen LogP contribution in [0.1, 0.15) is 49.7 Å². The molecule has 0 saturated carbocycles. The Morgan fingerprint density at radius 2 is 1.80 bits per heavy atom. The van der Waals surface area contributed by atoms with E-state index in [1.807, 2.05) is 60.0 Å². The molecule has 1 aromatic heterocycles. The maximum Gasteiger partial charge on any atom is 0.271 e. The van der Waals surface area contributed by atoms with Crippen molar-refractivity contribution in [1.29, 1.82) is 0 Å². The normalized spacial score (nSPS) is 23.2. The summed E-state index contributed by atoms with van der Waals surface area (Å²) in [7, 11) is 3.25. The minimum Gasteiger partial charge on any atom is -0.497 e. The Hall–Kier alpha value is -3.52. The number of hydrogen-bond acceptors (Lipinski definition) is 5. The van der Waals surface area contributed by atoms with Gasteiger partial charge in [0.05, 0.1) is 32.8 Å². The maximum atomic E-state index is 14.1. The monoisotopic (exact) mass is 546 g/mol. The van der Waals surface area contributed by atoms with Gasteiger partial charge in [0.1, 0.15) is 22.7 Å². The molecule has 0 bridgehead atoms. The van der Waals surface area contributed by atoms with Gasteiger partial charge >= 0.3 is 0 Å². The average molecular weight is 547 g/mol. The molecule has 0 unspecified atom stereocenters. The number of methoxy groups -OCH3 is 2. The number of piperidine rings is 1. The molecule has 8 nitrogen and oxygen atoms in total. The first kappa shape index (κ1) is 28.0. The van der Waals surface area contributed by atoms with Crippen molar-refractivity contribution in [2.75, 3.05) is 40.4 Å². The number of amides is 2. The van der Waals surface area contributed by atoms with Gasteiger partial charge in [-0.15, -0.1) is 0 Å². The van der Waals surface area contributed by atoms with Crippen molar-refractivity contribution in [3.63, 3.8) is 0 Å². The summed E-state index contributed by atoms with van der Waals surface area (Å²) >= 11 is 0. The van der Waals surface area contributed by atoms with Crippen molar-refractivity contribution in [1.82, 2.24) is 19.7 Å². The molecule has 40 heavy (non-hydrogen) atoms. The van der Waals surface area contributed by atoms with E-state index < -0.39 is 5.54 Å². The van der Waals surface area contributed by atoms with Crippen LogP contribution in [0.2, 0.25) is 0 Å². The number of rotatable bonds is 9. The fourth-order valence-electron chi connectivity index (χ4n) is 6.58. The van der Waals surface area contributed by atoms with Crippen molar-refractivity contribution < 1.29 is 19.1 Å². The van der Waals surface area contributed by atoms with Crippen LogP contribution in [0.4, 0.5) is 0 Å². The number of likely N-dealkylation sites (tertiary alicyclic amines) is 1. The van der Waals surface area contributed by atoms with E-state index >= 15 is 0 Å². The largest absolute Gasteiger partial charge is 0.497 e. The Kier molecular flexibility index (Phi) is 8.08. The van der Waals surface area contributed by atoms with Crippen molar-refractivity contribution in [3.8, 4) is 11.5 Å². The van der Waals surface area contributed by atoms with Gasteiger partial charge in [-0.25, -0.2) is 0 Å². The van der Waals surface area contributed by atoms with Crippen molar-refractivity contribution in [2.45, 2.75) is 52.2 Å². The number of nitrogens with one attached hydrogen (secondary N) is 1. The summed E-state index contributed by atoms with van der Waals surface area (Å²) in [6.07, 6.45) is 2.15. The number of fused-ring (bicyclic) bond motifs is 3. The summed E-state index contributed by atoms with van der Waals surface area (Å²) in [6, 6.07) is 15.3. The third-order valence-corrected chi connectivity index (χ3v) is 8.53. The molecule has 1 N–H and O–H groups in total. The number of ether oxygens (including phenoxy) is 2. The Bertz CT molecular complexity index is 1370. The lowest BCUT2D eigenvalue weighted by molar-refractivity contribution is -0.133. The lowest BCUT2D eigenvalue weighted by atomic mass is 9.92. The van der Waals surface area contributed by atoms with Crippen molar-refractivity contribution in [3.05, 3.63) is 59.8 Å². The second-order valence-corrected chi connectivity index (χ2v) is 11.8. The number of para-hydroxylation sites is 1. The highest BCUT2D eigenvalue weighted by Crippen LogP contribution is 2.35. The first-order valence-electron chi connectivity index (χ1n) is 14.3. The molecule has 5 rings (SSSR count). The van der Waals surface area contributed by atoms with Crippen LogP contribution in [0.25, 0.3) is 10.9 Å². The predicted octanol–water partition coefficient (Wildman–Crippen LogP) is 4.56. The minimum absolute atomic E-state index is 0.147. The van der Waals surface area contributed by atoms with Gasteiger partial charge in [0.15, 0.2) is 0 Å². The van der Waals surface area contributed by atoms with Crippen LogP contribution in [0.5, 0.6) is 11.5 Å². The van der Waals surface area contributed by atoms with Gasteiger partial charge in [0.25, 0.3) is 5.91 Å². The highest BCUT2D eigenvalue weighted by Gasteiger charge is 2.47. The first-order chi connectivity index (χ1) is 19.2. The zero-order valence-electron chi connectivity index (χ0n) is 24.4. The number of aromatic nitrogens is 1. The molecular weight excluding hydrogens is 504 g/mol. The molecule has 3 heterocycles. The van der Waals surface area contributed by atoms with Gasteiger partial charge in [0, 0.05) is 36.7 Å². The predicted molar refractivity (Wildman–Crippen MR) is 157 cm³/mol. The zero-order valence-corrected chi connectivity index (χ0v) is 24.4. The highest BCUT2D eigenvalue weighted by atomic mass is 16.5. The third kappa shape index (κ3) is 5.42. The SMILES string of the molecule is COc1ccc2cc3n(c2c1)C[C@](C)(C(=O)NCCCN1C[C@@H](C)C[C@H](C)C1)N(Cc1ccccc1OC)C3=O. The number of nitrogens with zero attached hydrogens (tertiary/aromatic N) is 3. The molecule has 3 atom stereocenters. The standard InChI is InChI=1S/C32H42N4O4/c1-22-15-23(2)19-34(18-22)14-8-13-33-31(38)32(3)21-35-27-17-26(39-4)12-11-24(27)16-28(35)30(37)36(32)20-25-9-6-7-10-29(25)40-5/h6-7,9-12,16-17,22-23H,8,13-15,18-21H2,1-5H3,(H,33,38)/t22-,23-,32+/m0/s1. The van der Waals surface area contributed by atoms with E-state index in [-0.39, 0.29) is 18.4 Å². The van der Waals surface area contributed by atoms with Crippen LogP contribution >= 0.6 is 0 Å². The molecule has 2 aliphatic heterocycles. The fourth-order valence-corrected chi connectivity index (χ4v) is 6.58. The van der Waals surface area contributed by atoms with Crippen molar-refractivity contribution >= 4 is 22.7 Å². The van der Waals surface area contributed by atoms with Gasteiger partial charge in [-0.05, 0) is 62.4 Å². The van der Waals surface area contributed by atoms with Gasteiger partial charge < -0.3 is 29.2 Å². The quantitative estimate of drug-likeness (QED) is 0.399. The molecule has 0 aliphatic carbocycles. The zero-order chi connectivity index (χ0) is 28.4. The second-order valence-electron chi connectivity index (χ2n) is 11.8. The van der Waals surface area contributed by atoms with Crippen LogP contribution in [0, 0.1) is 11.8 Å². The number of carbonyl (C=O) groups excluding carboxylic acids is 2. The summed E-state index contributed by atoms with van der Waals surface area (Å²) in [6.45, 7) is 10.9. The van der Waals surface area contributed by atoms with Crippen LogP contribution in [-0.2, 0) is 17.9 Å². The number of carbonyl (C=O) groups is 2. The maximum absolute atomic E-state index is 14.1. The summed E-state index contributed by atoms with van der Waals surface area (Å²) < 4.78 is 13.0. The van der Waals surface area contributed by atoms with E-state index in [4.69, 9.17) is 9.47 Å². The summed E-state index contributed by atoms with van der Waals surface area (Å²) in [5.41, 5.74) is 1.20. The summed E-state index contributed by atoms with van der Waals surface area (Å²) in [4.78, 5) is 32.3. The van der Waals surface area contributed by atoms with Gasteiger partial charge in [-0.1, -0.05) is 32.0 Å². The van der Waals surface area contributed by atoms with Crippen LogP contribution in [-0.4, -0.2) is 72.1 Å². The van der Waals surface area contributed by atoms with E-state index in [9.17, 15) is 9.59 Å². The molecule has 214 valence electrons.